The molecule has 2 unspecified atom stereocenters. The third kappa shape index (κ3) is 5.16. The number of nitrogens with one attached hydrogen (secondary N) is 2. The quantitative estimate of drug-likeness (QED) is 0.605. The number of hydrogen-bond donors (Lipinski definition) is 2. The lowest BCUT2D eigenvalue weighted by atomic mass is 9.96. The molecule has 1 aliphatic rings. The Hall–Kier alpha value is -3.81. The number of carbonyl (C=O) groups excluding carboxylic acids is 2. The van der Waals surface area contributed by atoms with Gasteiger partial charge in [-0.05, 0) is 31.0 Å². The molecule has 2 atom stereocenters. The Bertz CT molecular complexity index is 1100. The van der Waals surface area contributed by atoms with Crippen LogP contribution in [0.1, 0.15) is 30.3 Å². The van der Waals surface area contributed by atoms with Gasteiger partial charge in [0.15, 0.2) is 0 Å². The number of nitrogens with zero attached hydrogens (tertiary/aromatic N) is 3. The van der Waals surface area contributed by atoms with E-state index in [1.54, 1.807) is 18.2 Å². The number of rotatable bonds is 6. The maximum atomic E-state index is 13.4. The number of aromatic nitrogens is 2. The summed E-state index contributed by atoms with van der Waals surface area (Å²) in [5.74, 6) is 0.976. The van der Waals surface area contributed by atoms with E-state index in [1.165, 1.54) is 0 Å². The zero-order valence-electron chi connectivity index (χ0n) is 18.9. The molecule has 2 heterocycles. The Morgan fingerprint density at radius 2 is 1.88 bits per heavy atom. The van der Waals surface area contributed by atoms with Gasteiger partial charge in [0, 0.05) is 43.8 Å². The predicted octanol–water partition coefficient (Wildman–Crippen LogP) is 3.58. The number of ether oxygens (including phenoxy) is 1. The molecule has 2 N–H and O–H groups in total. The summed E-state index contributed by atoms with van der Waals surface area (Å²) in [6, 6.07) is 16.3. The fraction of sp³-hybridized carbons (Fsp3) is 0.320. The van der Waals surface area contributed by atoms with Gasteiger partial charge in [-0.15, -0.1) is 0 Å². The number of methoxy groups -OCH3 is 1. The van der Waals surface area contributed by atoms with E-state index in [2.05, 4.69) is 15.6 Å². The van der Waals surface area contributed by atoms with E-state index in [0.717, 1.165) is 24.1 Å². The van der Waals surface area contributed by atoms with Crippen molar-refractivity contribution in [1.29, 1.82) is 0 Å². The first-order valence-corrected chi connectivity index (χ1v) is 11.1. The van der Waals surface area contributed by atoms with Crippen LogP contribution in [0.15, 0.2) is 67.0 Å². The van der Waals surface area contributed by atoms with E-state index >= 15 is 0 Å². The Labute approximate surface area is 193 Å². The highest BCUT2D eigenvalue weighted by Gasteiger charge is 2.32. The first-order chi connectivity index (χ1) is 16.1. The van der Waals surface area contributed by atoms with Crippen molar-refractivity contribution in [3.63, 3.8) is 0 Å². The Balaban J connectivity index is 1.49. The number of aryl methyl sites for hydroxylation is 1. The number of hydrogen-bond acceptors (Lipinski definition) is 4. The lowest BCUT2D eigenvalue weighted by Crippen LogP contribution is -2.47. The number of anilines is 1. The zero-order valence-corrected chi connectivity index (χ0v) is 18.9. The molecule has 8 nitrogen and oxygen atoms in total. The number of urea groups is 1. The Kier molecular flexibility index (Phi) is 6.92. The molecule has 1 aromatic heterocycles. The SMILES string of the molecule is COc1ccccc1C(NC(=O)C1CCCN(C(=O)Nc2ccccc2)C1)c1nccn1C. The first kappa shape index (κ1) is 22.4. The minimum atomic E-state index is -0.470. The predicted molar refractivity (Wildman–Crippen MR) is 126 cm³/mol. The van der Waals surface area contributed by atoms with Crippen LogP contribution in [-0.4, -0.2) is 46.6 Å². The van der Waals surface area contributed by atoms with Crippen molar-refractivity contribution >= 4 is 17.6 Å². The summed E-state index contributed by atoms with van der Waals surface area (Å²) in [5, 5.41) is 6.08. The van der Waals surface area contributed by atoms with Gasteiger partial charge in [-0.1, -0.05) is 36.4 Å². The van der Waals surface area contributed by atoms with Crippen molar-refractivity contribution in [3.8, 4) is 5.75 Å². The second kappa shape index (κ2) is 10.2. The van der Waals surface area contributed by atoms with E-state index in [9.17, 15) is 9.59 Å². The van der Waals surface area contributed by atoms with Crippen molar-refractivity contribution in [2.24, 2.45) is 13.0 Å². The molecule has 1 fully saturated rings. The van der Waals surface area contributed by atoms with Crippen LogP contribution in [0.5, 0.6) is 5.75 Å². The third-order valence-electron chi connectivity index (χ3n) is 5.96. The Morgan fingerprint density at radius 3 is 2.61 bits per heavy atom. The van der Waals surface area contributed by atoms with Crippen molar-refractivity contribution in [2.45, 2.75) is 18.9 Å². The topological polar surface area (TPSA) is 88.5 Å². The molecule has 172 valence electrons. The maximum Gasteiger partial charge on any atom is 0.321 e. The normalized spacial score (nSPS) is 16.7. The van der Waals surface area contributed by atoms with Crippen molar-refractivity contribution < 1.29 is 14.3 Å². The summed E-state index contributed by atoms with van der Waals surface area (Å²) in [6.07, 6.45) is 5.04. The molecular formula is C25H29N5O3. The number of amides is 3. The van der Waals surface area contributed by atoms with Crippen molar-refractivity contribution in [3.05, 3.63) is 78.4 Å². The highest BCUT2D eigenvalue weighted by Crippen LogP contribution is 2.30. The van der Waals surface area contributed by atoms with E-state index < -0.39 is 6.04 Å². The molecule has 0 saturated carbocycles. The summed E-state index contributed by atoms with van der Waals surface area (Å²) in [7, 11) is 3.51. The van der Waals surface area contributed by atoms with Gasteiger partial charge >= 0.3 is 6.03 Å². The monoisotopic (exact) mass is 447 g/mol. The molecule has 2 aromatic carbocycles. The van der Waals surface area contributed by atoms with Gasteiger partial charge in [0.2, 0.25) is 5.91 Å². The number of likely N-dealkylation sites (tertiary alicyclic amines) is 1. The van der Waals surface area contributed by atoms with E-state index in [4.69, 9.17) is 4.74 Å². The van der Waals surface area contributed by atoms with E-state index in [-0.39, 0.29) is 17.9 Å². The molecule has 1 aliphatic heterocycles. The van der Waals surface area contributed by atoms with Gasteiger partial charge < -0.3 is 24.8 Å². The number of piperidine rings is 1. The average molecular weight is 448 g/mol. The van der Waals surface area contributed by atoms with Crippen LogP contribution in [0, 0.1) is 5.92 Å². The van der Waals surface area contributed by atoms with Crippen LogP contribution in [-0.2, 0) is 11.8 Å². The average Bonchev–Trinajstić information content (AvgIpc) is 3.28. The van der Waals surface area contributed by atoms with Crippen LogP contribution in [0.3, 0.4) is 0 Å². The number of para-hydroxylation sites is 2. The van der Waals surface area contributed by atoms with Crippen LogP contribution < -0.4 is 15.4 Å². The van der Waals surface area contributed by atoms with Gasteiger partial charge in [0.1, 0.15) is 17.6 Å². The number of carbonyl (C=O) groups is 2. The van der Waals surface area contributed by atoms with Crippen molar-refractivity contribution in [1.82, 2.24) is 19.8 Å². The molecule has 33 heavy (non-hydrogen) atoms. The van der Waals surface area contributed by atoms with Crippen LogP contribution >= 0.6 is 0 Å². The highest BCUT2D eigenvalue weighted by molar-refractivity contribution is 5.90. The van der Waals surface area contributed by atoms with Gasteiger partial charge in [0.05, 0.1) is 13.0 Å². The second-order valence-electron chi connectivity index (χ2n) is 8.16. The fourth-order valence-electron chi connectivity index (χ4n) is 4.20. The smallest absolute Gasteiger partial charge is 0.321 e. The molecule has 0 aliphatic carbocycles. The third-order valence-corrected chi connectivity index (χ3v) is 5.96. The van der Waals surface area contributed by atoms with Crippen molar-refractivity contribution in [2.75, 3.05) is 25.5 Å². The largest absolute Gasteiger partial charge is 0.496 e. The van der Waals surface area contributed by atoms with Crippen LogP contribution in [0.25, 0.3) is 0 Å². The minimum Gasteiger partial charge on any atom is -0.496 e. The van der Waals surface area contributed by atoms with Gasteiger partial charge in [-0.25, -0.2) is 9.78 Å². The van der Waals surface area contributed by atoms with Gasteiger partial charge in [-0.2, -0.15) is 0 Å². The summed E-state index contributed by atoms with van der Waals surface area (Å²) in [4.78, 5) is 32.3. The molecule has 0 spiro atoms. The standard InChI is InChI=1S/C25H29N5O3/c1-29-16-14-26-23(29)22(20-12-6-7-13-21(20)33-2)28-24(31)18-9-8-15-30(17-18)25(32)27-19-10-4-3-5-11-19/h3-7,10-14,16,18,22H,8-9,15,17H2,1-2H3,(H,27,32)(H,28,31). The van der Waals surface area contributed by atoms with Gasteiger partial charge in [-0.3, -0.25) is 4.79 Å². The number of imidazole rings is 1. The summed E-state index contributed by atoms with van der Waals surface area (Å²) < 4.78 is 7.43. The summed E-state index contributed by atoms with van der Waals surface area (Å²) in [5.41, 5.74) is 1.57. The summed E-state index contributed by atoms with van der Waals surface area (Å²) >= 11 is 0. The molecule has 3 aromatic rings. The fourth-order valence-corrected chi connectivity index (χ4v) is 4.20. The lowest BCUT2D eigenvalue weighted by molar-refractivity contribution is -0.126. The van der Waals surface area contributed by atoms with Crippen LogP contribution in [0.4, 0.5) is 10.5 Å². The maximum absolute atomic E-state index is 13.4. The summed E-state index contributed by atoms with van der Waals surface area (Å²) in [6.45, 7) is 0.988. The molecule has 0 radical (unpaired) electrons. The molecule has 3 amide bonds. The molecular weight excluding hydrogens is 418 g/mol. The van der Waals surface area contributed by atoms with Crippen LogP contribution in [0.2, 0.25) is 0 Å². The minimum absolute atomic E-state index is 0.105. The molecule has 1 saturated heterocycles. The second-order valence-corrected chi connectivity index (χ2v) is 8.16. The Morgan fingerprint density at radius 1 is 1.12 bits per heavy atom. The van der Waals surface area contributed by atoms with E-state index in [0.29, 0.717) is 24.7 Å². The van der Waals surface area contributed by atoms with E-state index in [1.807, 2.05) is 72.4 Å². The molecule has 8 heteroatoms. The first-order valence-electron chi connectivity index (χ1n) is 11.1. The van der Waals surface area contributed by atoms with Gasteiger partial charge in [0.25, 0.3) is 0 Å². The molecule has 0 bridgehead atoms. The number of benzene rings is 2. The zero-order chi connectivity index (χ0) is 23.2. The lowest BCUT2D eigenvalue weighted by Gasteiger charge is -2.33. The highest BCUT2D eigenvalue weighted by atomic mass is 16.5. The molecule has 4 rings (SSSR count).